The summed E-state index contributed by atoms with van der Waals surface area (Å²) in [4.78, 5) is 18.0. The van der Waals surface area contributed by atoms with Gasteiger partial charge in [0.2, 0.25) is 0 Å². The number of carbonyl (C=O) groups is 1. The second-order valence-electron chi connectivity index (χ2n) is 3.87. The van der Waals surface area contributed by atoms with E-state index in [4.69, 9.17) is 5.84 Å². The molecule has 0 bridgehead atoms. The largest absolute Gasteiger partial charge is 0.338 e. The van der Waals surface area contributed by atoms with Crippen molar-refractivity contribution in [2.75, 3.05) is 0 Å². The van der Waals surface area contributed by atoms with Gasteiger partial charge in [0.25, 0.3) is 5.91 Å². The van der Waals surface area contributed by atoms with Crippen molar-refractivity contribution in [1.82, 2.24) is 15.4 Å². The molecular weight excluding hydrogens is 168 g/mol. The number of hydrazine groups is 1. The van der Waals surface area contributed by atoms with Crippen molar-refractivity contribution < 1.29 is 4.79 Å². The maximum atomic E-state index is 11.0. The lowest BCUT2D eigenvalue weighted by Gasteiger charge is -2.13. The van der Waals surface area contributed by atoms with Gasteiger partial charge in [0.15, 0.2) is 0 Å². The monoisotopic (exact) mass is 182 g/mol. The molecule has 0 spiro atoms. The summed E-state index contributed by atoms with van der Waals surface area (Å²) < 4.78 is 0. The van der Waals surface area contributed by atoms with E-state index in [1.165, 1.54) is 6.20 Å². The summed E-state index contributed by atoms with van der Waals surface area (Å²) >= 11 is 0. The topological polar surface area (TPSA) is 83.8 Å². The molecule has 1 aromatic rings. The lowest BCUT2D eigenvalue weighted by molar-refractivity contribution is 0.0949. The van der Waals surface area contributed by atoms with Crippen LogP contribution in [0.2, 0.25) is 0 Å². The summed E-state index contributed by atoms with van der Waals surface area (Å²) in [5.74, 6) is 5.39. The van der Waals surface area contributed by atoms with E-state index in [-0.39, 0.29) is 11.3 Å². The van der Waals surface area contributed by atoms with Crippen LogP contribution in [-0.4, -0.2) is 15.9 Å². The summed E-state index contributed by atoms with van der Waals surface area (Å²) in [6.07, 6.45) is 1.47. The Morgan fingerprint density at radius 3 is 2.62 bits per heavy atom. The van der Waals surface area contributed by atoms with Crippen molar-refractivity contribution in [1.29, 1.82) is 0 Å². The number of rotatable bonds is 1. The number of nitrogens with zero attached hydrogens (tertiary/aromatic N) is 1. The quantitative estimate of drug-likeness (QED) is 0.332. The number of aromatic amines is 1. The average molecular weight is 182 g/mol. The number of nitrogens with one attached hydrogen (secondary N) is 2. The maximum Gasteiger partial charge on any atom is 0.283 e. The Bertz CT molecular complexity index is 310. The van der Waals surface area contributed by atoms with Gasteiger partial charge >= 0.3 is 0 Å². The summed E-state index contributed by atoms with van der Waals surface area (Å²) in [5, 5.41) is 0. The molecule has 0 unspecified atom stereocenters. The van der Waals surface area contributed by atoms with Gasteiger partial charge in [0.1, 0.15) is 11.5 Å². The van der Waals surface area contributed by atoms with Crippen LogP contribution in [0, 0.1) is 0 Å². The van der Waals surface area contributed by atoms with Crippen LogP contribution in [0.1, 0.15) is 37.1 Å². The molecule has 4 N–H and O–H groups in total. The minimum absolute atomic E-state index is 0.0902. The number of amides is 1. The molecule has 1 amide bonds. The minimum atomic E-state index is -0.358. The molecule has 1 rings (SSSR count). The lowest BCUT2D eigenvalue weighted by atomic mass is 9.96. The molecule has 0 aromatic carbocycles. The van der Waals surface area contributed by atoms with E-state index in [1.54, 1.807) is 0 Å². The van der Waals surface area contributed by atoms with Crippen molar-refractivity contribution in [3.63, 3.8) is 0 Å². The summed E-state index contributed by atoms with van der Waals surface area (Å²) in [7, 11) is 0. The molecule has 1 aromatic heterocycles. The minimum Gasteiger partial charge on any atom is -0.338 e. The van der Waals surface area contributed by atoms with Gasteiger partial charge in [-0.1, -0.05) is 20.8 Å². The van der Waals surface area contributed by atoms with Crippen molar-refractivity contribution in [3.05, 3.63) is 17.7 Å². The molecule has 72 valence electrons. The molecule has 5 nitrogen and oxygen atoms in total. The zero-order valence-corrected chi connectivity index (χ0v) is 8.01. The fourth-order valence-electron chi connectivity index (χ4n) is 0.896. The highest BCUT2D eigenvalue weighted by molar-refractivity contribution is 5.91. The normalized spacial score (nSPS) is 11.4. The second-order valence-corrected chi connectivity index (χ2v) is 3.87. The summed E-state index contributed by atoms with van der Waals surface area (Å²) in [5.41, 5.74) is 2.33. The highest BCUT2D eigenvalue weighted by Gasteiger charge is 2.18. The molecule has 0 fully saturated rings. The van der Waals surface area contributed by atoms with Crippen LogP contribution in [-0.2, 0) is 5.41 Å². The van der Waals surface area contributed by atoms with E-state index in [1.807, 2.05) is 26.2 Å². The van der Waals surface area contributed by atoms with Gasteiger partial charge in [-0.3, -0.25) is 10.2 Å². The first-order chi connectivity index (χ1) is 5.95. The van der Waals surface area contributed by atoms with Crippen molar-refractivity contribution in [2.45, 2.75) is 26.2 Å². The van der Waals surface area contributed by atoms with Crippen LogP contribution in [0.5, 0.6) is 0 Å². The van der Waals surface area contributed by atoms with E-state index in [0.717, 1.165) is 5.82 Å². The summed E-state index contributed by atoms with van der Waals surface area (Å²) in [6, 6.07) is 0. The number of hydrogen-bond acceptors (Lipinski definition) is 3. The van der Waals surface area contributed by atoms with Gasteiger partial charge in [0.05, 0.1) is 6.20 Å². The smallest absolute Gasteiger partial charge is 0.283 e. The van der Waals surface area contributed by atoms with E-state index in [0.29, 0.717) is 5.69 Å². The van der Waals surface area contributed by atoms with Crippen LogP contribution < -0.4 is 11.3 Å². The third kappa shape index (κ3) is 2.06. The first-order valence-corrected chi connectivity index (χ1v) is 4.01. The standard InChI is InChI=1S/C8H14N4O/c1-8(2,3)7-10-4-5(11-7)6(13)12-9/h4H,9H2,1-3H3,(H,10,11)(H,12,13). The van der Waals surface area contributed by atoms with Crippen LogP contribution in [0.25, 0.3) is 0 Å². The van der Waals surface area contributed by atoms with Crippen molar-refractivity contribution in [2.24, 2.45) is 5.84 Å². The number of nitrogen functional groups attached to an aromatic ring is 1. The van der Waals surface area contributed by atoms with Gasteiger partial charge in [0, 0.05) is 5.41 Å². The van der Waals surface area contributed by atoms with Crippen LogP contribution >= 0.6 is 0 Å². The third-order valence-corrected chi connectivity index (χ3v) is 1.66. The zero-order chi connectivity index (χ0) is 10.1. The predicted molar refractivity (Wildman–Crippen MR) is 48.9 cm³/mol. The fraction of sp³-hybridized carbons (Fsp3) is 0.500. The van der Waals surface area contributed by atoms with Crippen molar-refractivity contribution in [3.8, 4) is 0 Å². The number of carbonyl (C=O) groups excluding carboxylic acids is 1. The highest BCUT2D eigenvalue weighted by atomic mass is 16.2. The molecule has 13 heavy (non-hydrogen) atoms. The van der Waals surface area contributed by atoms with Crippen LogP contribution in [0.4, 0.5) is 0 Å². The molecule has 0 saturated carbocycles. The fourth-order valence-corrected chi connectivity index (χ4v) is 0.896. The van der Waals surface area contributed by atoms with Gasteiger partial charge < -0.3 is 4.98 Å². The number of H-pyrrole nitrogens is 1. The van der Waals surface area contributed by atoms with Gasteiger partial charge in [-0.25, -0.2) is 10.8 Å². The van der Waals surface area contributed by atoms with Gasteiger partial charge in [-0.05, 0) is 0 Å². The Balaban J connectivity index is 2.93. The molecule has 0 radical (unpaired) electrons. The molecule has 0 saturated heterocycles. The third-order valence-electron chi connectivity index (χ3n) is 1.66. The van der Waals surface area contributed by atoms with Crippen LogP contribution in [0.15, 0.2) is 6.20 Å². The Morgan fingerprint density at radius 1 is 1.62 bits per heavy atom. The molecular formula is C8H14N4O. The molecule has 5 heteroatoms. The van der Waals surface area contributed by atoms with Crippen LogP contribution in [0.3, 0.4) is 0 Å². The second kappa shape index (κ2) is 3.18. The number of nitrogens with two attached hydrogens (primary N) is 1. The summed E-state index contributed by atoms with van der Waals surface area (Å²) in [6.45, 7) is 6.03. The molecule has 1 heterocycles. The first-order valence-electron chi connectivity index (χ1n) is 4.01. The number of hydrogen-bond donors (Lipinski definition) is 3. The number of aromatic nitrogens is 2. The Labute approximate surface area is 76.7 Å². The van der Waals surface area contributed by atoms with E-state index in [2.05, 4.69) is 9.97 Å². The maximum absolute atomic E-state index is 11.0. The van der Waals surface area contributed by atoms with E-state index < -0.39 is 0 Å². The molecule has 0 aliphatic heterocycles. The predicted octanol–water partition coefficient (Wildman–Crippen LogP) is 0.311. The molecule has 0 aliphatic rings. The zero-order valence-electron chi connectivity index (χ0n) is 8.01. The van der Waals surface area contributed by atoms with Crippen molar-refractivity contribution >= 4 is 5.91 Å². The lowest BCUT2D eigenvalue weighted by Crippen LogP contribution is -2.30. The Hall–Kier alpha value is -1.36. The molecule has 0 atom stereocenters. The van der Waals surface area contributed by atoms with E-state index in [9.17, 15) is 4.79 Å². The average Bonchev–Trinajstić information content (AvgIpc) is 2.50. The SMILES string of the molecule is CC(C)(C)c1ncc(C(=O)NN)[nH]1. The highest BCUT2D eigenvalue weighted by Crippen LogP contribution is 2.18. The van der Waals surface area contributed by atoms with Gasteiger partial charge in [-0.15, -0.1) is 0 Å². The number of imidazole rings is 1. The molecule has 0 aliphatic carbocycles. The van der Waals surface area contributed by atoms with Gasteiger partial charge in [-0.2, -0.15) is 0 Å². The Morgan fingerprint density at radius 2 is 2.23 bits per heavy atom. The Kier molecular flexibility index (Phi) is 2.38. The first kappa shape index (κ1) is 9.73. The van der Waals surface area contributed by atoms with E-state index >= 15 is 0 Å².